The number of anilines is 1. The van der Waals surface area contributed by atoms with Crippen LogP contribution in [0.5, 0.6) is 0 Å². The molecule has 3 rings (SSSR count). The van der Waals surface area contributed by atoms with Gasteiger partial charge in [0.05, 0.1) is 0 Å². The molecule has 1 aromatic heterocycles. The van der Waals surface area contributed by atoms with Crippen LogP contribution in [0.25, 0.3) is 0 Å². The van der Waals surface area contributed by atoms with Gasteiger partial charge in [-0.3, -0.25) is 9.69 Å². The van der Waals surface area contributed by atoms with E-state index >= 15 is 0 Å². The van der Waals surface area contributed by atoms with Gasteiger partial charge in [-0.2, -0.15) is 0 Å². The second-order valence-corrected chi connectivity index (χ2v) is 5.73. The van der Waals surface area contributed by atoms with Crippen molar-refractivity contribution >= 4 is 5.82 Å². The molecule has 1 aliphatic carbocycles. The van der Waals surface area contributed by atoms with E-state index in [0.717, 1.165) is 70.2 Å². The van der Waals surface area contributed by atoms with Crippen LogP contribution in [0.15, 0.2) is 10.9 Å². The smallest absolute Gasteiger partial charge is 0.252 e. The lowest BCUT2D eigenvalue weighted by molar-refractivity contribution is 0.256. The van der Waals surface area contributed by atoms with Gasteiger partial charge < -0.3 is 15.6 Å². The van der Waals surface area contributed by atoms with Crippen LogP contribution in [0.3, 0.4) is 0 Å². The van der Waals surface area contributed by atoms with Crippen molar-refractivity contribution in [2.24, 2.45) is 5.73 Å². The minimum absolute atomic E-state index is 0.0255. The van der Waals surface area contributed by atoms with E-state index in [-0.39, 0.29) is 5.56 Å². The highest BCUT2D eigenvalue weighted by molar-refractivity contribution is 5.38. The SMILES string of the molecule is NCCCN1CCN(c2cc(=O)[nH]c(C3CC3)n2)CC1. The van der Waals surface area contributed by atoms with E-state index < -0.39 is 0 Å². The van der Waals surface area contributed by atoms with E-state index in [9.17, 15) is 4.79 Å². The summed E-state index contributed by atoms with van der Waals surface area (Å²) in [6.07, 6.45) is 3.35. The van der Waals surface area contributed by atoms with Gasteiger partial charge in [0, 0.05) is 38.2 Å². The number of H-pyrrole nitrogens is 1. The van der Waals surface area contributed by atoms with Crippen molar-refractivity contribution in [2.75, 3.05) is 44.2 Å². The summed E-state index contributed by atoms with van der Waals surface area (Å²) in [6, 6.07) is 1.63. The van der Waals surface area contributed by atoms with Crippen LogP contribution in [0.2, 0.25) is 0 Å². The van der Waals surface area contributed by atoms with Crippen molar-refractivity contribution in [3.8, 4) is 0 Å². The van der Waals surface area contributed by atoms with E-state index in [0.29, 0.717) is 5.92 Å². The van der Waals surface area contributed by atoms with Gasteiger partial charge in [0.1, 0.15) is 11.6 Å². The largest absolute Gasteiger partial charge is 0.354 e. The molecule has 1 aromatic rings. The number of nitrogens with zero attached hydrogens (tertiary/aromatic N) is 3. The maximum atomic E-state index is 11.7. The Hall–Kier alpha value is -1.40. The molecule has 2 fully saturated rings. The third-order valence-electron chi connectivity index (χ3n) is 4.09. The van der Waals surface area contributed by atoms with Crippen LogP contribution in [-0.2, 0) is 0 Å². The number of aromatic nitrogens is 2. The first-order chi connectivity index (χ1) is 9.76. The molecule has 0 atom stereocenters. The Balaban J connectivity index is 1.64. The van der Waals surface area contributed by atoms with Gasteiger partial charge in [-0.25, -0.2) is 4.98 Å². The van der Waals surface area contributed by atoms with E-state index in [1.807, 2.05) is 0 Å². The van der Waals surface area contributed by atoms with Crippen molar-refractivity contribution in [1.29, 1.82) is 0 Å². The maximum absolute atomic E-state index is 11.7. The molecule has 0 radical (unpaired) electrons. The fourth-order valence-corrected chi connectivity index (χ4v) is 2.69. The standard InChI is InChI=1S/C14H23N5O/c15-4-1-5-18-6-8-19(9-7-18)12-10-13(20)17-14(16-12)11-2-3-11/h10-11H,1-9,15H2,(H,16,17,20). The summed E-state index contributed by atoms with van der Waals surface area (Å²) in [5, 5.41) is 0. The van der Waals surface area contributed by atoms with Crippen molar-refractivity contribution in [3.63, 3.8) is 0 Å². The minimum atomic E-state index is -0.0255. The van der Waals surface area contributed by atoms with Crippen LogP contribution in [0.1, 0.15) is 31.0 Å². The Morgan fingerprint density at radius 3 is 2.70 bits per heavy atom. The quantitative estimate of drug-likeness (QED) is 0.799. The van der Waals surface area contributed by atoms with Crippen molar-refractivity contribution < 1.29 is 0 Å². The summed E-state index contributed by atoms with van der Waals surface area (Å²) >= 11 is 0. The first kappa shape index (κ1) is 13.6. The first-order valence-electron chi connectivity index (χ1n) is 7.55. The van der Waals surface area contributed by atoms with Crippen LogP contribution in [0, 0.1) is 0 Å². The average Bonchev–Trinajstić information content (AvgIpc) is 3.29. The average molecular weight is 277 g/mol. The fourth-order valence-electron chi connectivity index (χ4n) is 2.69. The van der Waals surface area contributed by atoms with Crippen molar-refractivity contribution in [2.45, 2.75) is 25.2 Å². The highest BCUT2D eigenvalue weighted by Gasteiger charge is 2.27. The molecule has 1 aliphatic heterocycles. The number of hydrogen-bond acceptors (Lipinski definition) is 5. The lowest BCUT2D eigenvalue weighted by atomic mass is 10.3. The fraction of sp³-hybridized carbons (Fsp3) is 0.714. The maximum Gasteiger partial charge on any atom is 0.252 e. The molecule has 2 aliphatic rings. The molecule has 3 N–H and O–H groups in total. The summed E-state index contributed by atoms with van der Waals surface area (Å²) in [6.45, 7) is 5.73. The van der Waals surface area contributed by atoms with E-state index in [2.05, 4.69) is 19.8 Å². The lowest BCUT2D eigenvalue weighted by Gasteiger charge is -2.35. The number of aromatic amines is 1. The normalized spacial score (nSPS) is 20.4. The van der Waals surface area contributed by atoms with Crippen molar-refractivity contribution in [1.82, 2.24) is 14.9 Å². The van der Waals surface area contributed by atoms with Gasteiger partial charge in [0.15, 0.2) is 0 Å². The molecule has 0 spiro atoms. The molecule has 0 unspecified atom stereocenters. The molecule has 0 aromatic carbocycles. The van der Waals surface area contributed by atoms with Gasteiger partial charge in [-0.15, -0.1) is 0 Å². The van der Waals surface area contributed by atoms with Crippen LogP contribution < -0.4 is 16.2 Å². The second-order valence-electron chi connectivity index (χ2n) is 5.73. The molecule has 1 saturated heterocycles. The third kappa shape index (κ3) is 3.19. The summed E-state index contributed by atoms with van der Waals surface area (Å²) in [5.41, 5.74) is 5.52. The molecular formula is C14H23N5O. The summed E-state index contributed by atoms with van der Waals surface area (Å²) in [4.78, 5) is 23.9. The van der Waals surface area contributed by atoms with Crippen LogP contribution in [-0.4, -0.2) is 54.1 Å². The van der Waals surface area contributed by atoms with E-state index in [4.69, 9.17) is 5.73 Å². The third-order valence-corrected chi connectivity index (χ3v) is 4.09. The Morgan fingerprint density at radius 1 is 1.30 bits per heavy atom. The molecular weight excluding hydrogens is 254 g/mol. The highest BCUT2D eigenvalue weighted by Crippen LogP contribution is 2.37. The van der Waals surface area contributed by atoms with Gasteiger partial charge >= 0.3 is 0 Å². The number of nitrogens with one attached hydrogen (secondary N) is 1. The number of rotatable bonds is 5. The van der Waals surface area contributed by atoms with Gasteiger partial charge in [0.25, 0.3) is 5.56 Å². The van der Waals surface area contributed by atoms with E-state index in [1.165, 1.54) is 0 Å². The number of piperazine rings is 1. The zero-order chi connectivity index (χ0) is 13.9. The molecule has 110 valence electrons. The Kier molecular flexibility index (Phi) is 4.03. The molecule has 0 bridgehead atoms. The van der Waals surface area contributed by atoms with E-state index in [1.54, 1.807) is 6.07 Å². The predicted octanol–water partition coefficient (Wildman–Crippen LogP) is 0.118. The lowest BCUT2D eigenvalue weighted by Crippen LogP contribution is -2.47. The second kappa shape index (κ2) is 5.93. The van der Waals surface area contributed by atoms with Crippen LogP contribution in [0.4, 0.5) is 5.82 Å². The predicted molar refractivity (Wildman–Crippen MR) is 79.2 cm³/mol. The number of nitrogens with two attached hydrogens (primary N) is 1. The van der Waals surface area contributed by atoms with Gasteiger partial charge in [-0.1, -0.05) is 0 Å². The number of hydrogen-bond donors (Lipinski definition) is 2. The first-order valence-corrected chi connectivity index (χ1v) is 7.55. The Bertz CT molecular complexity index is 503. The Labute approximate surface area is 119 Å². The van der Waals surface area contributed by atoms with Crippen molar-refractivity contribution in [3.05, 3.63) is 22.2 Å². The van der Waals surface area contributed by atoms with Gasteiger partial charge in [0.2, 0.25) is 0 Å². The molecule has 20 heavy (non-hydrogen) atoms. The highest BCUT2D eigenvalue weighted by atomic mass is 16.1. The zero-order valence-electron chi connectivity index (χ0n) is 11.8. The zero-order valence-corrected chi connectivity index (χ0v) is 11.8. The molecule has 2 heterocycles. The molecule has 6 nitrogen and oxygen atoms in total. The monoisotopic (exact) mass is 277 g/mol. The summed E-state index contributed by atoms with van der Waals surface area (Å²) < 4.78 is 0. The van der Waals surface area contributed by atoms with Crippen LogP contribution >= 0.6 is 0 Å². The minimum Gasteiger partial charge on any atom is -0.354 e. The summed E-state index contributed by atoms with van der Waals surface area (Å²) in [7, 11) is 0. The topological polar surface area (TPSA) is 78.2 Å². The summed E-state index contributed by atoms with van der Waals surface area (Å²) in [5.74, 6) is 2.20. The van der Waals surface area contributed by atoms with Gasteiger partial charge in [-0.05, 0) is 32.4 Å². The molecule has 0 amide bonds. The molecule has 1 saturated carbocycles. The Morgan fingerprint density at radius 2 is 2.05 bits per heavy atom. The molecule has 6 heteroatoms.